The highest BCUT2D eigenvalue weighted by Crippen LogP contribution is 2.20. The Morgan fingerprint density at radius 1 is 1.36 bits per heavy atom. The van der Waals surface area contributed by atoms with Gasteiger partial charge in [-0.2, -0.15) is 0 Å². The van der Waals surface area contributed by atoms with Crippen LogP contribution in [-0.4, -0.2) is 12.6 Å². The molecule has 0 bridgehead atoms. The summed E-state index contributed by atoms with van der Waals surface area (Å²) in [6, 6.07) is 6.56. The number of likely N-dealkylation sites (N-methyl/N-ethyl adjacent to an activating group) is 1. The zero-order valence-corrected chi connectivity index (χ0v) is 8.54. The molecule has 78 valence electrons. The van der Waals surface area contributed by atoms with E-state index in [1.807, 2.05) is 12.1 Å². The zero-order valence-electron chi connectivity index (χ0n) is 8.54. The Balaban J connectivity index is 0.00000112. The minimum atomic E-state index is 0. The highest BCUT2D eigenvalue weighted by Gasteiger charge is 2.07. The molecule has 1 unspecified atom stereocenters. The molecular weight excluding hydrogens is 178 g/mol. The molecule has 3 nitrogen and oxygen atoms in total. The molecule has 2 aromatic rings. The summed E-state index contributed by atoms with van der Waals surface area (Å²) in [5.74, 6) is 0. The number of fused-ring (bicyclic) bond motifs is 1. The van der Waals surface area contributed by atoms with Crippen LogP contribution in [0.1, 0.15) is 20.8 Å². The maximum absolute atomic E-state index is 4.84. The molecule has 0 fully saturated rings. The largest absolute Gasteiger partial charge is 0.314 e. The molecule has 0 aliphatic rings. The molecule has 0 spiro atoms. The Labute approximate surface area is 84.5 Å². The number of rotatable bonds is 4. The third-order valence-corrected chi connectivity index (χ3v) is 2.32. The molecule has 1 atom stereocenters. The van der Waals surface area contributed by atoms with Gasteiger partial charge in [0, 0.05) is 7.47 Å². The highest BCUT2D eigenvalue weighted by atomic mass is 17.0. The Morgan fingerprint density at radius 3 is 2.71 bits per heavy atom. The van der Waals surface area contributed by atoms with Crippen LogP contribution in [0.2, 0.25) is 0 Å². The fourth-order valence-corrected chi connectivity index (χ4v) is 1.64. The van der Waals surface area contributed by atoms with Crippen molar-refractivity contribution in [2.24, 2.45) is 0 Å². The third kappa shape index (κ3) is 1.82. The second-order valence-electron chi connectivity index (χ2n) is 3.61. The molecule has 0 aliphatic heterocycles. The van der Waals surface area contributed by atoms with Gasteiger partial charge in [-0.25, -0.2) is 0 Å². The Kier molecular flexibility index (Phi) is 2.59. The summed E-state index contributed by atoms with van der Waals surface area (Å²) in [5.41, 5.74) is 2.97. The molecule has 0 amide bonds. The van der Waals surface area contributed by atoms with Crippen LogP contribution < -0.4 is 5.32 Å². The lowest BCUT2D eigenvalue weighted by Crippen LogP contribution is -2.27. The minimum Gasteiger partial charge on any atom is -0.314 e. The summed E-state index contributed by atoms with van der Waals surface area (Å²) in [7, 11) is 0. The molecule has 1 heterocycles. The van der Waals surface area contributed by atoms with Gasteiger partial charge in [0.1, 0.15) is 0 Å². The molecule has 1 aromatic heterocycles. The van der Waals surface area contributed by atoms with Crippen molar-refractivity contribution < 1.29 is 10.6 Å². The predicted octanol–water partition coefficient (Wildman–Crippen LogP) is 2.81. The molecule has 0 radical (unpaired) electrons. The summed E-state index contributed by atoms with van der Waals surface area (Å²) in [6.45, 7) is 5.30. The Morgan fingerprint density at radius 2 is 2.14 bits per heavy atom. The number of benzene rings is 1. The lowest BCUT2D eigenvalue weighted by Gasteiger charge is -2.12. The number of hydrogen-bond donors (Lipinski definition) is 1. The van der Waals surface area contributed by atoms with Crippen molar-refractivity contribution in [2.45, 2.75) is 26.3 Å². The third-order valence-electron chi connectivity index (χ3n) is 2.32. The van der Waals surface area contributed by atoms with Crippen molar-refractivity contribution in [3.8, 4) is 0 Å². The molecule has 3 heteroatoms. The Bertz CT molecular complexity index is 407. The molecule has 14 heavy (non-hydrogen) atoms. The summed E-state index contributed by atoms with van der Waals surface area (Å²) >= 11 is 0. The van der Waals surface area contributed by atoms with Gasteiger partial charge in [0.15, 0.2) is 0 Å². The van der Waals surface area contributed by atoms with Crippen molar-refractivity contribution >= 4 is 11.2 Å². The summed E-state index contributed by atoms with van der Waals surface area (Å²) in [4.78, 5) is 0. The van der Waals surface area contributed by atoms with E-state index in [4.69, 9.17) is 9.15 Å². The van der Waals surface area contributed by atoms with Gasteiger partial charge in [0.25, 0.3) is 0 Å². The monoisotopic (exact) mass is 195 g/mol. The quantitative estimate of drug-likeness (QED) is 0.762. The van der Waals surface area contributed by atoms with E-state index in [0.29, 0.717) is 6.04 Å². The predicted molar refractivity (Wildman–Crippen MR) is 57.4 cm³/mol. The van der Waals surface area contributed by atoms with Gasteiger partial charge in [-0.15, -0.1) is 0 Å². The molecule has 0 aliphatic carbocycles. The maximum atomic E-state index is 4.84. The van der Waals surface area contributed by atoms with Crippen molar-refractivity contribution in [2.75, 3.05) is 6.54 Å². The van der Waals surface area contributed by atoms with Crippen LogP contribution in [0.3, 0.4) is 0 Å². The lowest BCUT2D eigenvalue weighted by atomic mass is 10.1. The van der Waals surface area contributed by atoms with Crippen LogP contribution >= 0.6 is 0 Å². The van der Waals surface area contributed by atoms with E-state index in [0.717, 1.165) is 24.1 Å². The van der Waals surface area contributed by atoms with Crippen molar-refractivity contribution in [3.63, 3.8) is 0 Å². The summed E-state index contributed by atoms with van der Waals surface area (Å²) in [5, 5.41) is 3.37. The second-order valence-corrected chi connectivity index (χ2v) is 3.61. The second kappa shape index (κ2) is 3.88. The van der Waals surface area contributed by atoms with Crippen molar-refractivity contribution in [1.29, 1.82) is 0 Å². The van der Waals surface area contributed by atoms with E-state index in [1.165, 1.54) is 5.56 Å². The van der Waals surface area contributed by atoms with E-state index < -0.39 is 0 Å². The van der Waals surface area contributed by atoms with Crippen LogP contribution in [0.25, 0.3) is 11.2 Å². The molecule has 0 saturated carbocycles. The van der Waals surface area contributed by atoms with Crippen LogP contribution in [0, 0.1) is 0 Å². The lowest BCUT2D eigenvalue weighted by molar-refractivity contribution is 0.0588. The topological polar surface area (TPSA) is 38.3 Å². The minimum absolute atomic E-state index is 0. The van der Waals surface area contributed by atoms with Gasteiger partial charge in [-0.05, 0) is 37.6 Å². The smallest absolute Gasteiger partial charge is 0.225 e. The van der Waals surface area contributed by atoms with Crippen LogP contribution in [0.4, 0.5) is 0 Å². The van der Waals surface area contributed by atoms with Gasteiger partial charge in [-0.3, -0.25) is 9.15 Å². The first-order chi connectivity index (χ1) is 6.79. The van der Waals surface area contributed by atoms with Gasteiger partial charge < -0.3 is 5.32 Å². The number of hydrogen-bond acceptors (Lipinski definition) is 3. The fraction of sp³-hybridized carbons (Fsp3) is 0.455. The average Bonchev–Trinajstić information content (AvgIpc) is 2.10. The molecule has 0 saturated heterocycles. The number of nitrogens with one attached hydrogen (secondary N) is 1. The summed E-state index contributed by atoms with van der Waals surface area (Å²) in [6.07, 6.45) is 1.02. The van der Waals surface area contributed by atoms with Gasteiger partial charge >= 0.3 is 0 Å². The maximum Gasteiger partial charge on any atom is 0.225 e. The van der Waals surface area contributed by atoms with Gasteiger partial charge in [-0.1, -0.05) is 13.0 Å². The first kappa shape index (κ1) is 9.34. The van der Waals surface area contributed by atoms with Gasteiger partial charge in [0.2, 0.25) is 11.2 Å². The first-order valence-electron chi connectivity index (χ1n) is 5.00. The van der Waals surface area contributed by atoms with Crippen LogP contribution in [-0.2, 0) is 6.42 Å². The normalized spacial score (nSPS) is 13.6. The van der Waals surface area contributed by atoms with Crippen LogP contribution in [0.5, 0.6) is 0 Å². The highest BCUT2D eigenvalue weighted by molar-refractivity contribution is 5.71. The molecule has 1 aromatic carbocycles. The Hall–Kier alpha value is -1.22. The molecule has 2 rings (SSSR count). The van der Waals surface area contributed by atoms with E-state index >= 15 is 0 Å². The van der Waals surface area contributed by atoms with E-state index in [2.05, 4.69) is 25.2 Å². The van der Waals surface area contributed by atoms with Crippen molar-refractivity contribution in [1.82, 2.24) is 5.32 Å². The van der Waals surface area contributed by atoms with Gasteiger partial charge in [0.05, 0.1) is 0 Å². The summed E-state index contributed by atoms with van der Waals surface area (Å²) < 4.78 is 9.61. The SMILES string of the molecule is CCNC(C)Cc1ccc2ooc2c1.[HH]. The fourth-order valence-electron chi connectivity index (χ4n) is 1.64. The molecular formula is C11H17NO2. The standard InChI is InChI=1S/C11H15NO2.H2/c1-3-12-8(2)6-9-4-5-10-11(7-9)14-13-10;/h4-5,7-8,12H,3,6H2,1-2H3;1H. The first-order valence-corrected chi connectivity index (χ1v) is 5.00. The average molecular weight is 195 g/mol. The van der Waals surface area contributed by atoms with Crippen LogP contribution in [0.15, 0.2) is 27.4 Å². The van der Waals surface area contributed by atoms with E-state index in [9.17, 15) is 0 Å². The molecule has 1 N–H and O–H groups in total. The zero-order chi connectivity index (χ0) is 9.97. The van der Waals surface area contributed by atoms with Crippen molar-refractivity contribution in [3.05, 3.63) is 23.8 Å². The van der Waals surface area contributed by atoms with E-state index in [1.54, 1.807) is 0 Å². The van der Waals surface area contributed by atoms with E-state index in [-0.39, 0.29) is 1.43 Å².